The summed E-state index contributed by atoms with van der Waals surface area (Å²) < 4.78 is 12.3. The lowest BCUT2D eigenvalue weighted by Gasteiger charge is -1.98. The quantitative estimate of drug-likeness (QED) is 0.538. The van der Waals surface area contributed by atoms with E-state index in [4.69, 9.17) is 23.2 Å². The molecule has 12 heavy (non-hydrogen) atoms. The highest BCUT2D eigenvalue weighted by Gasteiger charge is 2.14. The van der Waals surface area contributed by atoms with E-state index in [1.165, 1.54) is 24.3 Å². The average molecular weight is 207 g/mol. The van der Waals surface area contributed by atoms with Gasteiger partial charge in [0.2, 0.25) is 11.4 Å². The summed E-state index contributed by atoms with van der Waals surface area (Å²) >= 11 is 10.5. The Balaban J connectivity index is 2.90. The number of hydrogen-bond acceptors (Lipinski definition) is 1. The molecule has 0 fully saturated rings. The van der Waals surface area contributed by atoms with Crippen molar-refractivity contribution < 1.29 is 9.18 Å². The van der Waals surface area contributed by atoms with E-state index in [-0.39, 0.29) is 5.56 Å². The second-order valence-corrected chi connectivity index (χ2v) is 2.99. The van der Waals surface area contributed by atoms with Crippen LogP contribution in [0.1, 0.15) is 10.4 Å². The van der Waals surface area contributed by atoms with Crippen LogP contribution in [0.3, 0.4) is 0 Å². The number of halogens is 3. The number of hydrogen-bond donors (Lipinski definition) is 0. The predicted molar refractivity (Wildman–Crippen MR) is 46.5 cm³/mol. The number of carbonyl (C=O) groups is 1. The second-order valence-electron chi connectivity index (χ2n) is 2.17. The third-order valence-corrected chi connectivity index (χ3v) is 1.78. The molecule has 0 saturated carbocycles. The average Bonchev–Trinajstić information content (AvgIpc) is 2.04. The van der Waals surface area contributed by atoms with Gasteiger partial charge in [0.05, 0.1) is 0 Å². The molecule has 0 aliphatic heterocycles. The van der Waals surface area contributed by atoms with Crippen molar-refractivity contribution in [3.05, 3.63) is 34.9 Å². The highest BCUT2D eigenvalue weighted by atomic mass is 35.5. The van der Waals surface area contributed by atoms with E-state index in [0.29, 0.717) is 5.02 Å². The fourth-order valence-electron chi connectivity index (χ4n) is 0.740. The molecule has 0 saturated heterocycles. The van der Waals surface area contributed by atoms with Gasteiger partial charge in [-0.05, 0) is 24.3 Å². The molecule has 0 N–H and O–H groups in total. The normalized spacial score (nSPS) is 12.6. The first-order valence-electron chi connectivity index (χ1n) is 3.19. The Bertz CT molecular complexity index is 282. The molecule has 64 valence electrons. The maximum atomic E-state index is 12.3. The standard InChI is InChI=1S/C8H5Cl2FO/c9-6-3-1-5(2-4-6)7(12)8(10)11/h1-4,8H/t8-/m1/s1. The minimum Gasteiger partial charge on any atom is -0.289 e. The number of Topliss-reactive ketones (excluding diaryl/α,β-unsaturated/α-hetero) is 1. The Morgan fingerprint density at radius 3 is 2.25 bits per heavy atom. The number of ketones is 1. The Kier molecular flexibility index (Phi) is 3.06. The Hall–Kier alpha value is -0.600. The highest BCUT2D eigenvalue weighted by molar-refractivity contribution is 6.33. The Morgan fingerprint density at radius 1 is 1.33 bits per heavy atom. The highest BCUT2D eigenvalue weighted by Crippen LogP contribution is 2.13. The lowest BCUT2D eigenvalue weighted by atomic mass is 10.1. The van der Waals surface area contributed by atoms with Gasteiger partial charge < -0.3 is 0 Å². The van der Waals surface area contributed by atoms with Crippen molar-refractivity contribution in [1.82, 2.24) is 0 Å². The number of carbonyl (C=O) groups excluding carboxylic acids is 1. The van der Waals surface area contributed by atoms with Gasteiger partial charge >= 0.3 is 0 Å². The van der Waals surface area contributed by atoms with Gasteiger partial charge in [0.25, 0.3) is 0 Å². The van der Waals surface area contributed by atoms with Crippen molar-refractivity contribution in [2.45, 2.75) is 5.63 Å². The van der Waals surface area contributed by atoms with Gasteiger partial charge in [-0.15, -0.1) is 0 Å². The van der Waals surface area contributed by atoms with Crippen molar-refractivity contribution >= 4 is 29.0 Å². The summed E-state index contributed by atoms with van der Waals surface area (Å²) in [5.41, 5.74) is -1.76. The lowest BCUT2D eigenvalue weighted by Crippen LogP contribution is -2.08. The van der Waals surface area contributed by atoms with E-state index < -0.39 is 11.4 Å². The van der Waals surface area contributed by atoms with Crippen LogP contribution in [0, 0.1) is 0 Å². The van der Waals surface area contributed by atoms with Gasteiger partial charge in [-0.2, -0.15) is 0 Å². The molecule has 1 nitrogen and oxygen atoms in total. The molecule has 0 bridgehead atoms. The first kappa shape index (κ1) is 9.49. The molecule has 0 aliphatic rings. The molecule has 4 heteroatoms. The topological polar surface area (TPSA) is 17.1 Å². The largest absolute Gasteiger partial charge is 0.289 e. The Morgan fingerprint density at radius 2 is 1.83 bits per heavy atom. The number of alkyl halides is 2. The van der Waals surface area contributed by atoms with Gasteiger partial charge in [-0.1, -0.05) is 23.2 Å². The zero-order valence-corrected chi connectivity index (χ0v) is 7.44. The van der Waals surface area contributed by atoms with Crippen molar-refractivity contribution in [2.24, 2.45) is 0 Å². The van der Waals surface area contributed by atoms with Crippen LogP contribution < -0.4 is 0 Å². The van der Waals surface area contributed by atoms with E-state index in [1.807, 2.05) is 0 Å². The molecule has 1 atom stereocenters. The first-order valence-corrected chi connectivity index (χ1v) is 4.00. The minimum atomic E-state index is -1.98. The van der Waals surface area contributed by atoms with Crippen molar-refractivity contribution in [3.63, 3.8) is 0 Å². The van der Waals surface area contributed by atoms with E-state index in [1.54, 1.807) is 0 Å². The van der Waals surface area contributed by atoms with Gasteiger partial charge in [0.15, 0.2) is 0 Å². The summed E-state index contributed by atoms with van der Waals surface area (Å²) in [5, 5.41) is 0.497. The van der Waals surface area contributed by atoms with Crippen LogP contribution in [0.25, 0.3) is 0 Å². The third kappa shape index (κ3) is 2.19. The molecule has 0 amide bonds. The summed E-state index contributed by atoms with van der Waals surface area (Å²) in [6.45, 7) is 0. The van der Waals surface area contributed by atoms with Gasteiger partial charge in [0, 0.05) is 10.6 Å². The van der Waals surface area contributed by atoms with Crippen LogP contribution in [0.4, 0.5) is 4.39 Å². The fraction of sp³-hybridized carbons (Fsp3) is 0.125. The maximum absolute atomic E-state index is 12.3. The summed E-state index contributed by atoms with van der Waals surface area (Å²) in [5.74, 6) is -0.742. The van der Waals surface area contributed by atoms with Crippen LogP contribution in [0.15, 0.2) is 24.3 Å². The van der Waals surface area contributed by atoms with Crippen molar-refractivity contribution in [2.75, 3.05) is 0 Å². The monoisotopic (exact) mass is 206 g/mol. The maximum Gasteiger partial charge on any atom is 0.235 e. The SMILES string of the molecule is O=C(c1ccc(Cl)cc1)[C@@H](F)Cl. The molecule has 0 aromatic heterocycles. The van der Waals surface area contributed by atoms with Crippen LogP contribution in [-0.4, -0.2) is 11.4 Å². The molecule has 0 heterocycles. The third-order valence-electron chi connectivity index (χ3n) is 1.33. The second kappa shape index (κ2) is 3.87. The fourth-order valence-corrected chi connectivity index (χ4v) is 0.992. The zero-order chi connectivity index (χ0) is 9.14. The van der Waals surface area contributed by atoms with E-state index in [2.05, 4.69) is 0 Å². The van der Waals surface area contributed by atoms with Crippen LogP contribution in [-0.2, 0) is 0 Å². The lowest BCUT2D eigenvalue weighted by molar-refractivity contribution is 0.0934. The summed E-state index contributed by atoms with van der Waals surface area (Å²) in [4.78, 5) is 10.9. The molecule has 0 unspecified atom stereocenters. The minimum absolute atomic E-state index is 0.224. The summed E-state index contributed by atoms with van der Waals surface area (Å²) in [6, 6.07) is 5.88. The smallest absolute Gasteiger partial charge is 0.235 e. The molecular formula is C8H5Cl2FO. The molecule has 1 aromatic carbocycles. The molecule has 0 radical (unpaired) electrons. The first-order chi connectivity index (χ1) is 5.61. The van der Waals surface area contributed by atoms with Crippen molar-refractivity contribution in [3.8, 4) is 0 Å². The molecule has 1 rings (SSSR count). The van der Waals surface area contributed by atoms with Gasteiger partial charge in [0.1, 0.15) is 0 Å². The summed E-state index contributed by atoms with van der Waals surface area (Å²) in [7, 11) is 0. The molecular weight excluding hydrogens is 202 g/mol. The van der Waals surface area contributed by atoms with E-state index in [9.17, 15) is 9.18 Å². The van der Waals surface area contributed by atoms with E-state index in [0.717, 1.165) is 0 Å². The van der Waals surface area contributed by atoms with Gasteiger partial charge in [-0.25, -0.2) is 4.39 Å². The van der Waals surface area contributed by atoms with Crippen LogP contribution >= 0.6 is 23.2 Å². The number of benzene rings is 1. The van der Waals surface area contributed by atoms with E-state index >= 15 is 0 Å². The van der Waals surface area contributed by atoms with Crippen LogP contribution in [0.2, 0.25) is 5.02 Å². The predicted octanol–water partition coefficient (Wildman–Crippen LogP) is 3.06. The molecule has 0 spiro atoms. The van der Waals surface area contributed by atoms with Crippen LogP contribution in [0.5, 0.6) is 0 Å². The molecule has 1 aromatic rings. The Labute approximate surface area is 79.1 Å². The summed E-state index contributed by atoms with van der Waals surface area (Å²) in [6.07, 6.45) is 0. The number of rotatable bonds is 2. The zero-order valence-electron chi connectivity index (χ0n) is 5.93. The van der Waals surface area contributed by atoms with Gasteiger partial charge in [-0.3, -0.25) is 4.79 Å². The van der Waals surface area contributed by atoms with Crippen molar-refractivity contribution in [1.29, 1.82) is 0 Å². The molecule has 0 aliphatic carbocycles.